The van der Waals surface area contributed by atoms with E-state index in [4.69, 9.17) is 10.00 Å². The van der Waals surface area contributed by atoms with E-state index in [1.54, 1.807) is 0 Å². The highest BCUT2D eigenvalue weighted by atomic mass is 16.5. The van der Waals surface area contributed by atoms with Crippen molar-refractivity contribution in [1.82, 2.24) is 14.9 Å². The number of imidazole rings is 1. The molecule has 0 saturated carbocycles. The van der Waals surface area contributed by atoms with Crippen molar-refractivity contribution in [2.24, 2.45) is 4.99 Å². The maximum atomic E-state index is 8.94. The molecule has 0 radical (unpaired) electrons. The molecule has 18 heavy (non-hydrogen) atoms. The molecule has 6 heteroatoms. The molecule has 1 fully saturated rings. The molecule has 2 rings (SSSR count). The number of nitrogens with zero attached hydrogens (tertiary/aromatic N) is 4. The van der Waals surface area contributed by atoms with Crippen LogP contribution in [0.15, 0.2) is 11.3 Å². The van der Waals surface area contributed by atoms with E-state index in [1.165, 1.54) is 6.33 Å². The van der Waals surface area contributed by atoms with Crippen molar-refractivity contribution in [3.63, 3.8) is 0 Å². The number of amidine groups is 1. The molecule has 0 atom stereocenters. The van der Waals surface area contributed by atoms with Crippen molar-refractivity contribution >= 4 is 11.7 Å². The van der Waals surface area contributed by atoms with Crippen molar-refractivity contribution in [1.29, 1.82) is 5.26 Å². The van der Waals surface area contributed by atoms with Gasteiger partial charge in [0.2, 0.25) is 0 Å². The lowest BCUT2D eigenvalue weighted by Crippen LogP contribution is -2.40. The first-order valence-corrected chi connectivity index (χ1v) is 6.19. The second-order valence-corrected chi connectivity index (χ2v) is 4.09. The predicted octanol–water partition coefficient (Wildman–Crippen LogP) is 1.44. The smallest absolute Gasteiger partial charge is 0.190 e. The Kier molecular flexibility index (Phi) is 4.31. The molecule has 0 unspecified atom stereocenters. The summed E-state index contributed by atoms with van der Waals surface area (Å²) in [5.41, 5.74) is 0.414. The zero-order chi connectivity index (χ0) is 12.8. The summed E-state index contributed by atoms with van der Waals surface area (Å²) in [6.45, 7) is 5.28. The zero-order valence-corrected chi connectivity index (χ0v) is 10.5. The SMILES string of the molecule is CCC/C(=N\c1nc[nH]c1C#N)N1CCOCC1. The Morgan fingerprint density at radius 2 is 2.39 bits per heavy atom. The second kappa shape index (κ2) is 6.17. The van der Waals surface area contributed by atoms with Gasteiger partial charge >= 0.3 is 0 Å². The first kappa shape index (κ1) is 12.6. The topological polar surface area (TPSA) is 77.3 Å². The maximum absolute atomic E-state index is 8.94. The monoisotopic (exact) mass is 247 g/mol. The number of rotatable bonds is 3. The van der Waals surface area contributed by atoms with Gasteiger partial charge in [0.15, 0.2) is 11.5 Å². The molecule has 1 N–H and O–H groups in total. The van der Waals surface area contributed by atoms with E-state index in [-0.39, 0.29) is 0 Å². The van der Waals surface area contributed by atoms with Crippen LogP contribution in [0.4, 0.5) is 5.82 Å². The van der Waals surface area contributed by atoms with E-state index in [1.807, 2.05) is 0 Å². The molecule has 6 nitrogen and oxygen atoms in total. The van der Waals surface area contributed by atoms with Gasteiger partial charge in [-0.1, -0.05) is 6.92 Å². The largest absolute Gasteiger partial charge is 0.378 e. The highest BCUT2D eigenvalue weighted by Crippen LogP contribution is 2.15. The lowest BCUT2D eigenvalue weighted by atomic mass is 10.2. The Labute approximate surface area is 106 Å². The zero-order valence-electron chi connectivity index (χ0n) is 10.5. The molecular formula is C12H17N5O. The van der Waals surface area contributed by atoms with Gasteiger partial charge in [-0.15, -0.1) is 0 Å². The van der Waals surface area contributed by atoms with Crippen LogP contribution in [0.1, 0.15) is 25.5 Å². The van der Waals surface area contributed by atoms with E-state index in [0.717, 1.165) is 45.0 Å². The van der Waals surface area contributed by atoms with Gasteiger partial charge in [-0.3, -0.25) is 0 Å². The molecule has 0 bridgehead atoms. The summed E-state index contributed by atoms with van der Waals surface area (Å²) in [7, 11) is 0. The van der Waals surface area contributed by atoms with Gasteiger partial charge in [0.05, 0.1) is 19.5 Å². The fraction of sp³-hybridized carbons (Fsp3) is 0.583. The molecule has 0 aliphatic carbocycles. The van der Waals surface area contributed by atoms with Crippen molar-refractivity contribution in [3.8, 4) is 6.07 Å². The third-order valence-electron chi connectivity index (χ3n) is 2.82. The molecule has 0 aromatic carbocycles. The number of aromatic nitrogens is 2. The number of morpholine rings is 1. The van der Waals surface area contributed by atoms with Crippen molar-refractivity contribution < 1.29 is 4.74 Å². The summed E-state index contributed by atoms with van der Waals surface area (Å²) in [5, 5.41) is 8.94. The average molecular weight is 247 g/mol. The number of nitrogens with one attached hydrogen (secondary N) is 1. The van der Waals surface area contributed by atoms with Gasteiger partial charge in [-0.05, 0) is 6.42 Å². The summed E-state index contributed by atoms with van der Waals surface area (Å²) in [6.07, 6.45) is 3.40. The molecule has 1 saturated heterocycles. The van der Waals surface area contributed by atoms with Crippen LogP contribution in [0.3, 0.4) is 0 Å². The van der Waals surface area contributed by atoms with E-state index in [0.29, 0.717) is 11.5 Å². The fourth-order valence-electron chi connectivity index (χ4n) is 1.91. The summed E-state index contributed by atoms with van der Waals surface area (Å²) in [6, 6.07) is 2.06. The lowest BCUT2D eigenvalue weighted by Gasteiger charge is -2.29. The average Bonchev–Trinajstić information content (AvgIpc) is 2.86. The summed E-state index contributed by atoms with van der Waals surface area (Å²) >= 11 is 0. The molecular weight excluding hydrogens is 230 g/mol. The minimum Gasteiger partial charge on any atom is -0.378 e. The van der Waals surface area contributed by atoms with Crippen LogP contribution in [-0.2, 0) is 4.74 Å². The van der Waals surface area contributed by atoms with Crippen LogP contribution in [-0.4, -0.2) is 47.0 Å². The Balaban J connectivity index is 2.20. The Morgan fingerprint density at radius 1 is 1.61 bits per heavy atom. The normalized spacial score (nSPS) is 16.7. The van der Waals surface area contributed by atoms with Crippen LogP contribution < -0.4 is 0 Å². The second-order valence-electron chi connectivity index (χ2n) is 4.09. The van der Waals surface area contributed by atoms with Gasteiger partial charge in [0.1, 0.15) is 11.9 Å². The quantitative estimate of drug-likeness (QED) is 0.647. The lowest BCUT2D eigenvalue weighted by molar-refractivity contribution is 0.0672. The highest BCUT2D eigenvalue weighted by Gasteiger charge is 2.15. The van der Waals surface area contributed by atoms with E-state index < -0.39 is 0 Å². The van der Waals surface area contributed by atoms with Crippen LogP contribution in [0, 0.1) is 11.3 Å². The third-order valence-corrected chi connectivity index (χ3v) is 2.82. The summed E-state index contributed by atoms with van der Waals surface area (Å²) in [4.78, 5) is 13.6. The summed E-state index contributed by atoms with van der Waals surface area (Å²) < 4.78 is 5.34. The summed E-state index contributed by atoms with van der Waals surface area (Å²) in [5.74, 6) is 1.47. The van der Waals surface area contributed by atoms with E-state index >= 15 is 0 Å². The van der Waals surface area contributed by atoms with Crippen molar-refractivity contribution in [2.75, 3.05) is 26.3 Å². The van der Waals surface area contributed by atoms with Crippen molar-refractivity contribution in [3.05, 3.63) is 12.0 Å². The molecule has 1 aliphatic heterocycles. The van der Waals surface area contributed by atoms with Gasteiger partial charge in [-0.25, -0.2) is 9.98 Å². The molecule has 0 spiro atoms. The number of aliphatic imine (C=N–C) groups is 1. The first-order valence-electron chi connectivity index (χ1n) is 6.19. The Bertz CT molecular complexity index is 453. The maximum Gasteiger partial charge on any atom is 0.190 e. The van der Waals surface area contributed by atoms with Crippen LogP contribution in [0.25, 0.3) is 0 Å². The van der Waals surface area contributed by atoms with Gasteiger partial charge in [0, 0.05) is 19.5 Å². The van der Waals surface area contributed by atoms with Gasteiger partial charge < -0.3 is 14.6 Å². The van der Waals surface area contributed by atoms with Crippen LogP contribution in [0.5, 0.6) is 0 Å². The molecule has 1 aromatic heterocycles. The number of aromatic amines is 1. The van der Waals surface area contributed by atoms with Crippen molar-refractivity contribution in [2.45, 2.75) is 19.8 Å². The van der Waals surface area contributed by atoms with Crippen LogP contribution in [0.2, 0.25) is 0 Å². The molecule has 1 aliphatic rings. The molecule has 0 amide bonds. The number of nitriles is 1. The molecule has 1 aromatic rings. The Hall–Kier alpha value is -1.87. The minimum absolute atomic E-state index is 0.414. The Morgan fingerprint density at radius 3 is 3.06 bits per heavy atom. The number of hydrogen-bond donors (Lipinski definition) is 1. The molecule has 2 heterocycles. The predicted molar refractivity (Wildman–Crippen MR) is 67.7 cm³/mol. The fourth-order valence-corrected chi connectivity index (χ4v) is 1.91. The van der Waals surface area contributed by atoms with E-state index in [2.05, 4.69) is 32.9 Å². The number of hydrogen-bond acceptors (Lipinski definition) is 4. The van der Waals surface area contributed by atoms with E-state index in [9.17, 15) is 0 Å². The van der Waals surface area contributed by atoms with Gasteiger partial charge in [-0.2, -0.15) is 5.26 Å². The third kappa shape index (κ3) is 2.87. The van der Waals surface area contributed by atoms with Crippen LogP contribution >= 0.6 is 0 Å². The molecule has 96 valence electrons. The first-order chi connectivity index (χ1) is 8.85. The number of ether oxygens (including phenoxy) is 1. The van der Waals surface area contributed by atoms with Gasteiger partial charge in [0.25, 0.3) is 0 Å². The minimum atomic E-state index is 0.414. The number of H-pyrrole nitrogens is 1. The highest BCUT2D eigenvalue weighted by molar-refractivity contribution is 5.85. The standard InChI is InChI=1S/C12H17N5O/c1-2-3-11(17-4-6-18-7-5-17)16-12-10(8-13)14-9-15-12/h9H,2-7H2,1H3,(H,14,15)/b16-11+.